The van der Waals surface area contributed by atoms with Gasteiger partial charge in [-0.05, 0) is 63.1 Å². The Bertz CT molecular complexity index is 1130. The molecule has 6 amide bonds. The van der Waals surface area contributed by atoms with Crippen molar-refractivity contribution >= 4 is 76.5 Å². The number of rotatable bonds is 19. The van der Waals surface area contributed by atoms with Crippen LogP contribution in [0.4, 0.5) is 10.5 Å². The summed E-state index contributed by atoms with van der Waals surface area (Å²) in [6, 6.07) is 4.12. The van der Waals surface area contributed by atoms with Crippen LogP contribution in [0.3, 0.4) is 0 Å². The molecule has 1 rings (SSSR count). The van der Waals surface area contributed by atoms with Gasteiger partial charge in [0.2, 0.25) is 23.6 Å². The second-order valence-electron chi connectivity index (χ2n) is 11.0. The number of unbranched alkanes of at least 4 members (excludes halogenated alkanes) is 1. The molecule has 0 fully saturated rings. The first kappa shape index (κ1) is 38.9. The molecule has 7 N–H and O–H groups in total. The fourth-order valence-electron chi connectivity index (χ4n) is 3.75. The molecule has 2 atom stereocenters. The van der Waals surface area contributed by atoms with Crippen molar-refractivity contribution in [1.82, 2.24) is 21.3 Å². The molecule has 13 nitrogen and oxygen atoms in total. The summed E-state index contributed by atoms with van der Waals surface area (Å²) in [6.45, 7) is 7.54. The minimum Gasteiger partial charge on any atom is -0.460 e. The maximum atomic E-state index is 13.3. The highest BCUT2D eigenvalue weighted by Gasteiger charge is 2.29. The molecular weight excluding hydrogens is 703 g/mol. The maximum absolute atomic E-state index is 13.3. The fourth-order valence-corrected chi connectivity index (χ4v) is 4.09. The van der Waals surface area contributed by atoms with E-state index in [-0.39, 0.29) is 43.7 Å². The second kappa shape index (κ2) is 20.0. The van der Waals surface area contributed by atoms with Crippen LogP contribution < -0.4 is 32.3 Å². The van der Waals surface area contributed by atoms with Crippen molar-refractivity contribution in [3.05, 3.63) is 29.8 Å². The van der Waals surface area contributed by atoms with E-state index < -0.39 is 40.6 Å². The lowest BCUT2D eigenvalue weighted by molar-refractivity contribution is -0.147. The van der Waals surface area contributed by atoms with E-state index in [1.54, 1.807) is 52.0 Å². The Kier molecular flexibility index (Phi) is 17.7. The summed E-state index contributed by atoms with van der Waals surface area (Å²) >= 11 is 6.16. The molecule has 0 aliphatic heterocycles. The highest BCUT2D eigenvalue weighted by molar-refractivity contribution is 14.1. The van der Waals surface area contributed by atoms with Gasteiger partial charge in [0.25, 0.3) is 0 Å². The van der Waals surface area contributed by atoms with Crippen molar-refractivity contribution in [2.45, 2.75) is 83.2 Å². The van der Waals surface area contributed by atoms with Crippen LogP contribution in [0.5, 0.6) is 0 Å². The average Bonchev–Trinajstić information content (AvgIpc) is 2.95. The van der Waals surface area contributed by atoms with Gasteiger partial charge in [-0.2, -0.15) is 12.6 Å². The van der Waals surface area contributed by atoms with Crippen molar-refractivity contribution in [3.8, 4) is 0 Å². The molecule has 15 heteroatoms. The second-order valence-corrected chi connectivity index (χ2v) is 12.9. The van der Waals surface area contributed by atoms with Crippen LogP contribution in [0, 0.1) is 5.92 Å². The maximum Gasteiger partial charge on any atom is 0.321 e. The Balaban J connectivity index is 2.83. The summed E-state index contributed by atoms with van der Waals surface area (Å²) in [5.74, 6) is -2.11. The van der Waals surface area contributed by atoms with E-state index in [0.29, 0.717) is 41.5 Å². The summed E-state index contributed by atoms with van der Waals surface area (Å²) < 4.78 is 4.69. The quantitative estimate of drug-likeness (QED) is 0.0370. The molecule has 44 heavy (non-hydrogen) atoms. The Labute approximate surface area is 277 Å². The van der Waals surface area contributed by atoms with Gasteiger partial charge in [-0.3, -0.25) is 24.0 Å². The number of ether oxygens (including phenoxy) is 1. The number of hydrogen-bond acceptors (Lipinski definition) is 8. The third-order valence-corrected chi connectivity index (χ3v) is 7.11. The summed E-state index contributed by atoms with van der Waals surface area (Å²) in [5.41, 5.74) is 6.29. The Morgan fingerprint density at radius 3 is 2.11 bits per heavy atom. The third kappa shape index (κ3) is 16.1. The van der Waals surface area contributed by atoms with Gasteiger partial charge >= 0.3 is 12.0 Å². The zero-order valence-electron chi connectivity index (χ0n) is 25.7. The zero-order valence-corrected chi connectivity index (χ0v) is 28.7. The van der Waals surface area contributed by atoms with E-state index >= 15 is 0 Å². The minimum atomic E-state index is -0.977. The van der Waals surface area contributed by atoms with Crippen molar-refractivity contribution in [2.75, 3.05) is 22.8 Å². The summed E-state index contributed by atoms with van der Waals surface area (Å²) in [6.07, 6.45) is 1.87. The van der Waals surface area contributed by atoms with Gasteiger partial charge in [0.1, 0.15) is 23.4 Å². The Morgan fingerprint density at radius 1 is 0.909 bits per heavy atom. The molecule has 0 aromatic heterocycles. The van der Waals surface area contributed by atoms with Gasteiger partial charge in [-0.25, -0.2) is 4.79 Å². The van der Waals surface area contributed by atoms with Gasteiger partial charge in [-0.1, -0.05) is 48.6 Å². The minimum absolute atomic E-state index is 0.0417. The number of urea groups is 1. The molecule has 0 bridgehead atoms. The number of hydrogen-bond donors (Lipinski definition) is 7. The predicted octanol–water partition coefficient (Wildman–Crippen LogP) is 2.17. The first-order valence-electron chi connectivity index (χ1n) is 14.4. The van der Waals surface area contributed by atoms with E-state index in [2.05, 4.69) is 39.2 Å². The number of thiol groups is 1. The molecule has 246 valence electrons. The molecule has 1 aromatic rings. The molecule has 0 radical (unpaired) electrons. The predicted molar refractivity (Wildman–Crippen MR) is 179 cm³/mol. The van der Waals surface area contributed by atoms with Crippen molar-refractivity contribution < 1.29 is 33.5 Å². The smallest absolute Gasteiger partial charge is 0.321 e. The summed E-state index contributed by atoms with van der Waals surface area (Å²) in [5, 5.41) is 13.5. The molecule has 0 saturated heterocycles. The van der Waals surface area contributed by atoms with Gasteiger partial charge in [0, 0.05) is 25.2 Å². The van der Waals surface area contributed by atoms with Gasteiger partial charge in [-0.15, -0.1) is 0 Å². The van der Waals surface area contributed by atoms with Crippen LogP contribution in [0.2, 0.25) is 0 Å². The topological polar surface area (TPSA) is 198 Å². The first-order valence-corrected chi connectivity index (χ1v) is 16.4. The van der Waals surface area contributed by atoms with Gasteiger partial charge < -0.3 is 37.1 Å². The van der Waals surface area contributed by atoms with E-state index in [0.717, 1.165) is 0 Å². The van der Waals surface area contributed by atoms with E-state index in [4.69, 9.17) is 10.5 Å². The molecular formula is C29H45IN6O7S. The summed E-state index contributed by atoms with van der Waals surface area (Å²) in [4.78, 5) is 73.4. The Morgan fingerprint density at radius 2 is 1.55 bits per heavy atom. The number of halogens is 1. The molecule has 1 aromatic carbocycles. The number of anilines is 1. The summed E-state index contributed by atoms with van der Waals surface area (Å²) in [7, 11) is 0. The lowest BCUT2D eigenvalue weighted by atomic mass is 10.0. The van der Waals surface area contributed by atoms with Crippen molar-refractivity contribution in [2.24, 2.45) is 11.7 Å². The zero-order chi connectivity index (χ0) is 33.3. The third-order valence-electron chi connectivity index (χ3n) is 6.23. The number of benzene rings is 1. The Hall–Kier alpha value is -3.08. The molecule has 0 heterocycles. The van der Waals surface area contributed by atoms with E-state index in [9.17, 15) is 28.8 Å². The van der Waals surface area contributed by atoms with Crippen LogP contribution in [0.1, 0.15) is 65.4 Å². The van der Waals surface area contributed by atoms with Crippen LogP contribution >= 0.6 is 35.2 Å². The molecule has 1 unspecified atom stereocenters. The van der Waals surface area contributed by atoms with Gasteiger partial charge in [0.15, 0.2) is 0 Å². The largest absolute Gasteiger partial charge is 0.460 e. The van der Waals surface area contributed by atoms with Crippen LogP contribution in [0.15, 0.2) is 24.3 Å². The highest BCUT2D eigenvalue weighted by Crippen LogP contribution is 2.17. The normalized spacial score (nSPS) is 12.4. The van der Waals surface area contributed by atoms with E-state index in [1.165, 1.54) is 0 Å². The number of alkyl halides is 1. The number of primary amides is 1. The first-order chi connectivity index (χ1) is 20.6. The number of nitrogens with one attached hydrogen (secondary N) is 5. The van der Waals surface area contributed by atoms with Crippen LogP contribution in [0.25, 0.3) is 0 Å². The molecule has 0 aliphatic rings. The van der Waals surface area contributed by atoms with Crippen molar-refractivity contribution in [1.29, 1.82) is 0 Å². The highest BCUT2D eigenvalue weighted by atomic mass is 127. The van der Waals surface area contributed by atoms with Crippen LogP contribution in [-0.2, 0) is 35.3 Å². The number of amides is 6. The lowest BCUT2D eigenvalue weighted by Crippen LogP contribution is -2.54. The van der Waals surface area contributed by atoms with Gasteiger partial charge in [0.05, 0.1) is 4.43 Å². The molecule has 0 spiro atoms. The number of carbonyl (C=O) groups is 6. The van der Waals surface area contributed by atoms with E-state index in [1.807, 2.05) is 22.6 Å². The SMILES string of the molecule is CC(C)C(NC(=O)CCCCNC(=O)CI)C(=O)N[C@@H](CCCNC(N)=O)C(=O)Nc1ccc(COC(=O)C(C)(C)S)cc1. The monoisotopic (exact) mass is 748 g/mol. The standard InChI is InChI=1S/C29H45IN6O7S/c1-18(2)24(36-22(37)9-5-6-14-32-23(38)16-30)26(40)35-21(8-7-15-33-28(31)42)25(39)34-20-12-10-19(11-13-20)17-43-27(41)29(3,4)44/h10-13,18,21,24,44H,5-9,14-17H2,1-4H3,(H,32,38)(H,34,39)(H,35,40)(H,36,37)(H3,31,33,42)/t21-,24?/m0/s1. The molecule has 0 saturated carbocycles. The fraction of sp³-hybridized carbons (Fsp3) is 0.586. The van der Waals surface area contributed by atoms with Crippen molar-refractivity contribution in [3.63, 3.8) is 0 Å². The number of carbonyl (C=O) groups excluding carboxylic acids is 6. The average molecular weight is 749 g/mol. The number of esters is 1. The number of nitrogens with two attached hydrogens (primary N) is 1. The van der Waals surface area contributed by atoms with Crippen LogP contribution in [-0.4, -0.2) is 70.0 Å². The lowest BCUT2D eigenvalue weighted by Gasteiger charge is -2.25. The molecule has 0 aliphatic carbocycles.